The molecule has 136 valence electrons. The SMILES string of the molecule is COc1ccc(-c2nnc(CNS(=O)(=O)c3ccc(F)cc3C)o2)cc1. The van der Waals surface area contributed by atoms with Gasteiger partial charge < -0.3 is 9.15 Å². The van der Waals surface area contributed by atoms with E-state index in [1.54, 1.807) is 31.4 Å². The first kappa shape index (κ1) is 18.0. The smallest absolute Gasteiger partial charge is 0.247 e. The quantitative estimate of drug-likeness (QED) is 0.710. The maximum Gasteiger partial charge on any atom is 0.247 e. The van der Waals surface area contributed by atoms with Gasteiger partial charge in [-0.25, -0.2) is 17.5 Å². The van der Waals surface area contributed by atoms with E-state index in [-0.39, 0.29) is 23.2 Å². The Morgan fingerprint density at radius 1 is 1.15 bits per heavy atom. The van der Waals surface area contributed by atoms with Crippen LogP contribution in [-0.4, -0.2) is 25.7 Å². The van der Waals surface area contributed by atoms with Gasteiger partial charge in [0.1, 0.15) is 11.6 Å². The lowest BCUT2D eigenvalue weighted by molar-refractivity contribution is 0.415. The molecule has 7 nitrogen and oxygen atoms in total. The zero-order valence-corrected chi connectivity index (χ0v) is 14.9. The highest BCUT2D eigenvalue weighted by atomic mass is 32.2. The van der Waals surface area contributed by atoms with Crippen LogP contribution >= 0.6 is 0 Å². The molecular weight excluding hydrogens is 361 g/mol. The van der Waals surface area contributed by atoms with E-state index >= 15 is 0 Å². The Bertz CT molecular complexity index is 1020. The number of hydrogen-bond donors (Lipinski definition) is 1. The molecule has 0 atom stereocenters. The standard InChI is InChI=1S/C17H16FN3O4S/c1-11-9-13(18)5-8-15(11)26(22,23)19-10-16-20-21-17(25-16)12-3-6-14(24-2)7-4-12/h3-9,19H,10H2,1-2H3. The van der Waals surface area contributed by atoms with Crippen molar-refractivity contribution in [3.8, 4) is 17.2 Å². The summed E-state index contributed by atoms with van der Waals surface area (Å²) in [6, 6.07) is 10.5. The van der Waals surface area contributed by atoms with E-state index < -0.39 is 15.8 Å². The van der Waals surface area contributed by atoms with E-state index in [0.29, 0.717) is 16.9 Å². The van der Waals surface area contributed by atoms with Crippen molar-refractivity contribution in [2.75, 3.05) is 7.11 Å². The van der Waals surface area contributed by atoms with Gasteiger partial charge in [-0.05, 0) is 55.0 Å². The third-order valence-corrected chi connectivity index (χ3v) is 5.21. The van der Waals surface area contributed by atoms with Gasteiger partial charge in [-0.2, -0.15) is 0 Å². The highest BCUT2D eigenvalue weighted by molar-refractivity contribution is 7.89. The summed E-state index contributed by atoms with van der Waals surface area (Å²) >= 11 is 0. The van der Waals surface area contributed by atoms with Gasteiger partial charge in [-0.1, -0.05) is 0 Å². The van der Waals surface area contributed by atoms with Gasteiger partial charge in [-0.3, -0.25) is 0 Å². The summed E-state index contributed by atoms with van der Waals surface area (Å²) in [4.78, 5) is -0.00575. The van der Waals surface area contributed by atoms with E-state index in [2.05, 4.69) is 14.9 Å². The molecule has 0 saturated carbocycles. The number of nitrogens with zero attached hydrogens (tertiary/aromatic N) is 2. The maximum absolute atomic E-state index is 13.1. The number of aryl methyl sites for hydroxylation is 1. The average molecular weight is 377 g/mol. The molecule has 2 aromatic carbocycles. The van der Waals surface area contributed by atoms with Crippen LogP contribution < -0.4 is 9.46 Å². The summed E-state index contributed by atoms with van der Waals surface area (Å²) in [5.41, 5.74) is 0.990. The molecule has 0 unspecified atom stereocenters. The molecule has 0 aliphatic carbocycles. The molecule has 0 radical (unpaired) electrons. The fourth-order valence-corrected chi connectivity index (χ4v) is 3.52. The molecule has 0 fully saturated rings. The van der Waals surface area contributed by atoms with Gasteiger partial charge in [0.05, 0.1) is 18.6 Å². The molecule has 1 heterocycles. The van der Waals surface area contributed by atoms with Crippen LogP contribution in [0.5, 0.6) is 5.75 Å². The molecule has 0 spiro atoms. The number of methoxy groups -OCH3 is 1. The van der Waals surface area contributed by atoms with Gasteiger partial charge in [0.25, 0.3) is 0 Å². The highest BCUT2D eigenvalue weighted by Crippen LogP contribution is 2.21. The number of benzene rings is 2. The Balaban J connectivity index is 1.72. The number of halogens is 1. The summed E-state index contributed by atoms with van der Waals surface area (Å²) in [5.74, 6) is 0.567. The second-order valence-corrected chi connectivity index (χ2v) is 7.20. The monoisotopic (exact) mass is 377 g/mol. The van der Waals surface area contributed by atoms with Crippen molar-refractivity contribution in [2.45, 2.75) is 18.4 Å². The van der Waals surface area contributed by atoms with Gasteiger partial charge in [0.2, 0.25) is 21.8 Å². The molecule has 0 aliphatic heterocycles. The summed E-state index contributed by atoms with van der Waals surface area (Å²) in [6.45, 7) is 1.34. The molecular formula is C17H16FN3O4S. The highest BCUT2D eigenvalue weighted by Gasteiger charge is 2.18. The van der Waals surface area contributed by atoms with Gasteiger partial charge in [-0.15, -0.1) is 10.2 Å². The molecule has 0 amide bonds. The van der Waals surface area contributed by atoms with Crippen LogP contribution in [0.2, 0.25) is 0 Å². The normalized spacial score (nSPS) is 11.5. The van der Waals surface area contributed by atoms with Crippen LogP contribution in [0.15, 0.2) is 51.8 Å². The lowest BCUT2D eigenvalue weighted by atomic mass is 10.2. The zero-order valence-electron chi connectivity index (χ0n) is 14.1. The summed E-state index contributed by atoms with van der Waals surface area (Å²) < 4.78 is 50.8. The van der Waals surface area contributed by atoms with E-state index in [1.165, 1.54) is 13.0 Å². The summed E-state index contributed by atoms with van der Waals surface area (Å²) in [7, 11) is -2.27. The van der Waals surface area contributed by atoms with Crippen LogP contribution in [0.25, 0.3) is 11.5 Å². The predicted molar refractivity (Wildman–Crippen MR) is 91.4 cm³/mol. The molecule has 9 heteroatoms. The van der Waals surface area contributed by atoms with E-state index in [0.717, 1.165) is 12.1 Å². The van der Waals surface area contributed by atoms with Crippen molar-refractivity contribution in [3.63, 3.8) is 0 Å². The minimum atomic E-state index is -3.83. The fourth-order valence-electron chi connectivity index (χ4n) is 2.32. The first-order valence-electron chi connectivity index (χ1n) is 7.61. The van der Waals surface area contributed by atoms with Crippen molar-refractivity contribution in [2.24, 2.45) is 0 Å². The minimum absolute atomic E-state index is 0.00575. The Morgan fingerprint density at radius 2 is 1.88 bits per heavy atom. The molecule has 3 aromatic rings. The second kappa shape index (κ2) is 7.22. The molecule has 26 heavy (non-hydrogen) atoms. The van der Waals surface area contributed by atoms with Crippen LogP contribution in [-0.2, 0) is 16.6 Å². The first-order chi connectivity index (χ1) is 12.4. The molecule has 3 rings (SSSR count). The first-order valence-corrected chi connectivity index (χ1v) is 9.10. The Hall–Kier alpha value is -2.78. The summed E-state index contributed by atoms with van der Waals surface area (Å²) in [6.07, 6.45) is 0. The van der Waals surface area contributed by atoms with Crippen LogP contribution in [0, 0.1) is 12.7 Å². The van der Waals surface area contributed by atoms with E-state index in [1.807, 2.05) is 0 Å². The lowest BCUT2D eigenvalue weighted by Gasteiger charge is -2.07. The largest absolute Gasteiger partial charge is 0.497 e. The molecule has 1 N–H and O–H groups in total. The molecule has 0 aliphatic rings. The van der Waals surface area contributed by atoms with Crippen LogP contribution in [0.3, 0.4) is 0 Å². The minimum Gasteiger partial charge on any atom is -0.497 e. The van der Waals surface area contributed by atoms with Crippen molar-refractivity contribution < 1.29 is 22.0 Å². The van der Waals surface area contributed by atoms with Gasteiger partial charge in [0, 0.05) is 5.56 Å². The van der Waals surface area contributed by atoms with Crippen LogP contribution in [0.1, 0.15) is 11.5 Å². The van der Waals surface area contributed by atoms with Crippen LogP contribution in [0.4, 0.5) is 4.39 Å². The number of aromatic nitrogens is 2. The van der Waals surface area contributed by atoms with Crippen molar-refractivity contribution in [3.05, 3.63) is 59.7 Å². The van der Waals surface area contributed by atoms with Crippen molar-refractivity contribution in [1.29, 1.82) is 0 Å². The summed E-state index contributed by atoms with van der Waals surface area (Å²) in [5, 5.41) is 7.74. The topological polar surface area (TPSA) is 94.3 Å². The Morgan fingerprint density at radius 3 is 2.54 bits per heavy atom. The Kier molecular flexibility index (Phi) is 5.01. The third-order valence-electron chi connectivity index (χ3n) is 3.64. The number of nitrogens with one attached hydrogen (secondary N) is 1. The van der Waals surface area contributed by atoms with E-state index in [4.69, 9.17) is 9.15 Å². The van der Waals surface area contributed by atoms with Gasteiger partial charge >= 0.3 is 0 Å². The predicted octanol–water partition coefficient (Wildman–Crippen LogP) is 2.67. The maximum atomic E-state index is 13.1. The Labute approximate surface area is 149 Å². The number of rotatable bonds is 6. The molecule has 0 saturated heterocycles. The number of sulfonamides is 1. The third kappa shape index (κ3) is 3.89. The zero-order chi connectivity index (χ0) is 18.7. The lowest BCUT2D eigenvalue weighted by Crippen LogP contribution is -2.24. The number of ether oxygens (including phenoxy) is 1. The average Bonchev–Trinajstić information content (AvgIpc) is 3.09. The van der Waals surface area contributed by atoms with Crippen molar-refractivity contribution in [1.82, 2.24) is 14.9 Å². The van der Waals surface area contributed by atoms with Crippen molar-refractivity contribution >= 4 is 10.0 Å². The molecule has 0 bridgehead atoms. The second-order valence-electron chi connectivity index (χ2n) is 5.46. The van der Waals surface area contributed by atoms with E-state index in [9.17, 15) is 12.8 Å². The fraction of sp³-hybridized carbons (Fsp3) is 0.176. The molecule has 1 aromatic heterocycles. The number of hydrogen-bond acceptors (Lipinski definition) is 6. The van der Waals surface area contributed by atoms with Gasteiger partial charge in [0.15, 0.2) is 0 Å².